The molecule has 1 saturated heterocycles. The number of rotatable bonds is 3. The van der Waals surface area contributed by atoms with Crippen LogP contribution in [-0.2, 0) is 0 Å². The first kappa shape index (κ1) is 12.9. The van der Waals surface area contributed by atoms with Gasteiger partial charge in [0.05, 0.1) is 17.2 Å². The van der Waals surface area contributed by atoms with Gasteiger partial charge in [-0.1, -0.05) is 5.16 Å². The van der Waals surface area contributed by atoms with Crippen LogP contribution in [-0.4, -0.2) is 32.5 Å². The summed E-state index contributed by atoms with van der Waals surface area (Å²) in [5, 5.41) is 4.10. The summed E-state index contributed by atoms with van der Waals surface area (Å²) in [6, 6.07) is -0.0600. The Hall–Kier alpha value is -1.76. The van der Waals surface area contributed by atoms with E-state index in [0.29, 0.717) is 16.6 Å². The molecule has 0 bridgehead atoms. The van der Waals surface area contributed by atoms with Gasteiger partial charge in [0.2, 0.25) is 5.89 Å². The molecule has 21 heavy (non-hydrogen) atoms. The second-order valence-corrected chi connectivity index (χ2v) is 6.54. The Kier molecular flexibility index (Phi) is 3.02. The molecule has 1 aliphatic heterocycles. The third kappa shape index (κ3) is 2.25. The van der Waals surface area contributed by atoms with Crippen LogP contribution >= 0.6 is 11.3 Å². The molecule has 1 atom stereocenters. The van der Waals surface area contributed by atoms with Gasteiger partial charge in [-0.2, -0.15) is 4.98 Å². The summed E-state index contributed by atoms with van der Waals surface area (Å²) in [6.07, 6.45) is 4.14. The average Bonchev–Trinajstić information content (AvgIpc) is 2.94. The lowest BCUT2D eigenvalue weighted by Gasteiger charge is -2.21. The molecule has 2 aliphatic rings. The largest absolute Gasteiger partial charge is 0.339 e. The molecule has 2 aromatic rings. The van der Waals surface area contributed by atoms with Crippen LogP contribution in [0.25, 0.3) is 0 Å². The van der Waals surface area contributed by atoms with Crippen LogP contribution in [0, 0.1) is 6.92 Å². The first-order chi connectivity index (χ1) is 10.2. The number of aromatic nitrogens is 3. The maximum Gasteiger partial charge on any atom is 0.266 e. The Morgan fingerprint density at radius 3 is 3.00 bits per heavy atom. The van der Waals surface area contributed by atoms with Crippen molar-refractivity contribution < 1.29 is 9.32 Å². The van der Waals surface area contributed by atoms with E-state index in [1.807, 2.05) is 11.8 Å². The quantitative estimate of drug-likeness (QED) is 0.871. The number of hydrogen-bond donors (Lipinski definition) is 0. The van der Waals surface area contributed by atoms with E-state index in [4.69, 9.17) is 4.52 Å². The normalized spacial score (nSPS) is 22.0. The first-order valence-corrected chi connectivity index (χ1v) is 8.16. The first-order valence-electron chi connectivity index (χ1n) is 7.28. The van der Waals surface area contributed by atoms with Gasteiger partial charge in [0.1, 0.15) is 4.88 Å². The van der Waals surface area contributed by atoms with E-state index in [2.05, 4.69) is 15.1 Å². The van der Waals surface area contributed by atoms with Gasteiger partial charge < -0.3 is 9.42 Å². The van der Waals surface area contributed by atoms with Crippen LogP contribution in [0.3, 0.4) is 0 Å². The van der Waals surface area contributed by atoms with Crippen LogP contribution in [0.15, 0.2) is 10.0 Å². The molecule has 7 heteroatoms. The molecule has 1 saturated carbocycles. The zero-order valence-electron chi connectivity index (χ0n) is 11.8. The molecule has 4 rings (SSSR count). The molecule has 2 fully saturated rings. The maximum atomic E-state index is 12.7. The van der Waals surface area contributed by atoms with E-state index in [-0.39, 0.29) is 11.9 Å². The molecule has 110 valence electrons. The smallest absolute Gasteiger partial charge is 0.266 e. The molecule has 3 heterocycles. The molecular weight excluding hydrogens is 288 g/mol. The molecule has 6 nitrogen and oxygen atoms in total. The summed E-state index contributed by atoms with van der Waals surface area (Å²) in [4.78, 5) is 23.9. The van der Waals surface area contributed by atoms with Gasteiger partial charge in [0.15, 0.2) is 5.82 Å². The minimum atomic E-state index is -0.0600. The van der Waals surface area contributed by atoms with Crippen LogP contribution in [0.4, 0.5) is 0 Å². The lowest BCUT2D eigenvalue weighted by atomic mass is 10.2. The van der Waals surface area contributed by atoms with Gasteiger partial charge in [-0.15, -0.1) is 11.3 Å². The topological polar surface area (TPSA) is 72.1 Å². The van der Waals surface area contributed by atoms with Crippen LogP contribution in [0.2, 0.25) is 0 Å². The highest BCUT2D eigenvalue weighted by Crippen LogP contribution is 2.40. The molecule has 0 N–H and O–H groups in total. The second-order valence-electron chi connectivity index (χ2n) is 5.69. The minimum Gasteiger partial charge on any atom is -0.339 e. The van der Waals surface area contributed by atoms with E-state index in [1.165, 1.54) is 11.3 Å². The van der Waals surface area contributed by atoms with Gasteiger partial charge in [-0.25, -0.2) is 4.98 Å². The Labute approximate surface area is 126 Å². The minimum absolute atomic E-state index is 0.0373. The summed E-state index contributed by atoms with van der Waals surface area (Å²) in [5.41, 5.74) is 2.51. The number of likely N-dealkylation sites (tertiary alicyclic amines) is 1. The van der Waals surface area contributed by atoms with Gasteiger partial charge in [0.25, 0.3) is 5.91 Å². The molecular formula is C14H16N4O2S. The Balaban J connectivity index is 1.59. The highest BCUT2D eigenvalue weighted by Gasteiger charge is 2.37. The van der Waals surface area contributed by atoms with Gasteiger partial charge in [-0.05, 0) is 32.6 Å². The average molecular weight is 304 g/mol. The number of hydrogen-bond acceptors (Lipinski definition) is 6. The molecule has 0 radical (unpaired) electrons. The highest BCUT2D eigenvalue weighted by atomic mass is 32.1. The van der Waals surface area contributed by atoms with Crippen molar-refractivity contribution in [1.82, 2.24) is 20.0 Å². The van der Waals surface area contributed by atoms with Gasteiger partial charge in [-0.3, -0.25) is 4.79 Å². The van der Waals surface area contributed by atoms with E-state index in [9.17, 15) is 4.79 Å². The SMILES string of the molecule is Cc1ncsc1C(=O)N1CCCC1c1noc(C2CC2)n1. The lowest BCUT2D eigenvalue weighted by Crippen LogP contribution is -2.31. The van der Waals surface area contributed by atoms with Crippen LogP contribution in [0.1, 0.15) is 64.7 Å². The van der Waals surface area contributed by atoms with E-state index in [1.54, 1.807) is 5.51 Å². The summed E-state index contributed by atoms with van der Waals surface area (Å²) >= 11 is 1.40. The summed E-state index contributed by atoms with van der Waals surface area (Å²) in [7, 11) is 0. The van der Waals surface area contributed by atoms with E-state index < -0.39 is 0 Å². The number of carbonyl (C=O) groups excluding carboxylic acids is 1. The Morgan fingerprint density at radius 2 is 2.29 bits per heavy atom. The fraction of sp³-hybridized carbons (Fsp3) is 0.571. The third-order valence-electron chi connectivity index (χ3n) is 4.14. The van der Waals surface area contributed by atoms with Crippen LogP contribution in [0.5, 0.6) is 0 Å². The highest BCUT2D eigenvalue weighted by molar-refractivity contribution is 7.11. The third-order valence-corrected chi connectivity index (χ3v) is 5.05. The van der Waals surface area contributed by atoms with Crippen LogP contribution < -0.4 is 0 Å². The molecule has 1 aliphatic carbocycles. The lowest BCUT2D eigenvalue weighted by molar-refractivity contribution is 0.0732. The predicted molar refractivity (Wildman–Crippen MR) is 76.1 cm³/mol. The van der Waals surface area contributed by atoms with E-state index in [0.717, 1.165) is 43.8 Å². The molecule has 0 spiro atoms. The van der Waals surface area contributed by atoms with Crippen molar-refractivity contribution in [1.29, 1.82) is 0 Å². The van der Waals surface area contributed by atoms with Crippen molar-refractivity contribution in [3.05, 3.63) is 27.8 Å². The Morgan fingerprint density at radius 1 is 1.43 bits per heavy atom. The van der Waals surface area contributed by atoms with E-state index >= 15 is 0 Å². The number of thiazole rings is 1. The Bertz CT molecular complexity index is 676. The number of carbonyl (C=O) groups is 1. The number of nitrogens with zero attached hydrogens (tertiary/aromatic N) is 4. The monoisotopic (exact) mass is 304 g/mol. The van der Waals surface area contributed by atoms with Crippen molar-refractivity contribution >= 4 is 17.2 Å². The molecule has 1 amide bonds. The second kappa shape index (κ2) is 4.91. The summed E-state index contributed by atoms with van der Waals surface area (Å²) in [6.45, 7) is 2.61. The van der Waals surface area contributed by atoms with Crippen molar-refractivity contribution in [2.75, 3.05) is 6.54 Å². The van der Waals surface area contributed by atoms with Crippen molar-refractivity contribution in [2.45, 2.75) is 44.6 Å². The predicted octanol–water partition coefficient (Wildman–Crippen LogP) is 2.69. The van der Waals surface area contributed by atoms with Crippen molar-refractivity contribution in [3.8, 4) is 0 Å². The van der Waals surface area contributed by atoms with Gasteiger partial charge >= 0.3 is 0 Å². The molecule has 2 aromatic heterocycles. The zero-order valence-corrected chi connectivity index (χ0v) is 12.6. The van der Waals surface area contributed by atoms with Gasteiger partial charge in [0, 0.05) is 12.5 Å². The molecule has 1 unspecified atom stereocenters. The van der Waals surface area contributed by atoms with Crippen molar-refractivity contribution in [3.63, 3.8) is 0 Å². The maximum absolute atomic E-state index is 12.7. The summed E-state index contributed by atoms with van der Waals surface area (Å²) < 4.78 is 5.33. The zero-order chi connectivity index (χ0) is 14.4. The number of amides is 1. The number of aryl methyl sites for hydroxylation is 1. The molecule has 0 aromatic carbocycles. The summed E-state index contributed by atoms with van der Waals surface area (Å²) in [5.74, 6) is 1.87. The fourth-order valence-electron chi connectivity index (χ4n) is 2.79. The van der Waals surface area contributed by atoms with Crippen molar-refractivity contribution in [2.24, 2.45) is 0 Å². The fourth-order valence-corrected chi connectivity index (χ4v) is 3.55. The standard InChI is InChI=1S/C14H16N4O2S/c1-8-11(21-7-15-8)14(19)18-6-2-3-10(18)12-16-13(20-17-12)9-4-5-9/h7,9-10H,2-6H2,1H3.